The Hall–Kier alpha value is -3.71. The van der Waals surface area contributed by atoms with Gasteiger partial charge in [0, 0.05) is 37.6 Å². The van der Waals surface area contributed by atoms with Crippen LogP contribution in [0.5, 0.6) is 0 Å². The number of rotatable bonds is 11. The van der Waals surface area contributed by atoms with E-state index in [0.717, 1.165) is 22.8 Å². The molecule has 38 heavy (non-hydrogen) atoms. The van der Waals surface area contributed by atoms with E-state index in [0.29, 0.717) is 31.7 Å². The quantitative estimate of drug-likeness (QED) is 0.325. The summed E-state index contributed by atoms with van der Waals surface area (Å²) in [5, 5.41) is 4.50. The van der Waals surface area contributed by atoms with Crippen molar-refractivity contribution in [2.24, 2.45) is 18.2 Å². The van der Waals surface area contributed by atoms with E-state index in [9.17, 15) is 4.79 Å². The highest BCUT2D eigenvalue weighted by molar-refractivity contribution is 5.92. The van der Waals surface area contributed by atoms with Crippen LogP contribution < -0.4 is 5.73 Å². The molecular weight excluding hydrogens is 472 g/mol. The highest BCUT2D eigenvalue weighted by Crippen LogP contribution is 2.39. The van der Waals surface area contributed by atoms with Crippen molar-refractivity contribution in [3.63, 3.8) is 0 Å². The molecule has 202 valence electrons. The minimum absolute atomic E-state index is 0.109. The maximum atomic E-state index is 14.0. The highest BCUT2D eigenvalue weighted by Gasteiger charge is 2.39. The summed E-state index contributed by atoms with van der Waals surface area (Å²) < 4.78 is 3.89. The van der Waals surface area contributed by atoms with Gasteiger partial charge in [0.2, 0.25) is 0 Å². The minimum Gasteiger partial charge on any atom is -0.330 e. The van der Waals surface area contributed by atoms with Crippen molar-refractivity contribution in [3.8, 4) is 11.3 Å². The van der Waals surface area contributed by atoms with Crippen LogP contribution in [0.25, 0.3) is 11.3 Å². The monoisotopic (exact) mass is 514 g/mol. The second-order valence-electron chi connectivity index (χ2n) is 10.5. The van der Waals surface area contributed by atoms with Gasteiger partial charge in [-0.3, -0.25) is 9.48 Å². The van der Waals surface area contributed by atoms with E-state index in [-0.39, 0.29) is 17.4 Å². The number of amides is 1. The van der Waals surface area contributed by atoms with E-state index in [1.807, 2.05) is 80.4 Å². The third kappa shape index (κ3) is 7.19. The van der Waals surface area contributed by atoms with Crippen LogP contribution in [0, 0.1) is 12.3 Å². The number of nitrogens with two attached hydrogens (primary N) is 1. The fourth-order valence-corrected chi connectivity index (χ4v) is 4.45. The molecule has 2 aromatic heterocycles. The summed E-state index contributed by atoms with van der Waals surface area (Å²) in [4.78, 5) is 21.0. The van der Waals surface area contributed by atoms with E-state index in [4.69, 9.17) is 10.7 Å². The average molecular weight is 515 g/mol. The normalized spacial score (nSPS) is 13.2. The SMILES string of the molecule is C\C=C/C=C\C=C\Cn1cc(-c2ccccc2)nc1[C@H](N(CCCN)C(=O)c1cc(C)n(C)n1)C(C)(C)C. The Kier molecular flexibility index (Phi) is 10.0. The van der Waals surface area contributed by atoms with Crippen molar-refractivity contribution in [3.05, 3.63) is 96.3 Å². The highest BCUT2D eigenvalue weighted by atomic mass is 16.2. The van der Waals surface area contributed by atoms with Crippen LogP contribution in [0.2, 0.25) is 0 Å². The molecule has 0 spiro atoms. The summed E-state index contributed by atoms with van der Waals surface area (Å²) in [6.07, 6.45) is 14.9. The fraction of sp³-hybridized carbons (Fsp3) is 0.387. The van der Waals surface area contributed by atoms with Gasteiger partial charge in [-0.1, -0.05) is 87.6 Å². The van der Waals surface area contributed by atoms with Crippen LogP contribution in [0.4, 0.5) is 0 Å². The molecule has 3 aromatic rings. The van der Waals surface area contributed by atoms with Gasteiger partial charge in [0.1, 0.15) is 5.82 Å². The number of carbonyl (C=O) groups is 1. The number of hydrogen-bond acceptors (Lipinski definition) is 4. The van der Waals surface area contributed by atoms with Gasteiger partial charge in [0.25, 0.3) is 5.91 Å². The van der Waals surface area contributed by atoms with Gasteiger partial charge in [-0.05, 0) is 38.3 Å². The number of allylic oxidation sites excluding steroid dienone is 6. The van der Waals surface area contributed by atoms with Crippen molar-refractivity contribution >= 4 is 5.91 Å². The van der Waals surface area contributed by atoms with E-state index in [1.54, 1.807) is 4.68 Å². The molecular formula is C31H42N6O. The van der Waals surface area contributed by atoms with Gasteiger partial charge in [-0.15, -0.1) is 0 Å². The summed E-state index contributed by atoms with van der Waals surface area (Å²) in [7, 11) is 1.85. The molecule has 1 aromatic carbocycles. The lowest BCUT2D eigenvalue weighted by molar-refractivity contribution is 0.0476. The third-order valence-corrected chi connectivity index (χ3v) is 6.41. The third-order valence-electron chi connectivity index (χ3n) is 6.41. The van der Waals surface area contributed by atoms with E-state index >= 15 is 0 Å². The van der Waals surface area contributed by atoms with Crippen LogP contribution in [-0.2, 0) is 13.6 Å². The van der Waals surface area contributed by atoms with Gasteiger partial charge in [-0.2, -0.15) is 5.10 Å². The van der Waals surface area contributed by atoms with Crippen molar-refractivity contribution in [2.75, 3.05) is 13.1 Å². The van der Waals surface area contributed by atoms with Gasteiger partial charge < -0.3 is 15.2 Å². The lowest BCUT2D eigenvalue weighted by Gasteiger charge is -2.39. The first kappa shape index (κ1) is 28.9. The summed E-state index contributed by atoms with van der Waals surface area (Å²) >= 11 is 0. The molecule has 0 bridgehead atoms. The number of nitrogens with zero attached hydrogens (tertiary/aromatic N) is 5. The molecule has 0 saturated carbocycles. The maximum Gasteiger partial charge on any atom is 0.275 e. The van der Waals surface area contributed by atoms with Crippen LogP contribution in [-0.4, -0.2) is 43.2 Å². The number of benzene rings is 1. The molecule has 7 nitrogen and oxygen atoms in total. The second kappa shape index (κ2) is 13.2. The zero-order valence-electron chi connectivity index (χ0n) is 23.6. The standard InChI is InChI=1S/C31H42N6O/c1-7-8-9-10-11-15-20-36-23-27(25-17-13-12-14-18-25)33-29(36)28(31(3,4)5)37(21-16-19-32)30(38)26-22-24(2)35(6)34-26/h7-15,17-18,22-23,28H,16,19-21,32H2,1-6H3/b8-7-,10-9-,15-11+/t28-/m0/s1. The Morgan fingerprint density at radius 1 is 1.13 bits per heavy atom. The molecule has 0 saturated heterocycles. The molecule has 0 aliphatic heterocycles. The first-order valence-electron chi connectivity index (χ1n) is 13.3. The predicted octanol–water partition coefficient (Wildman–Crippen LogP) is 5.86. The molecule has 7 heteroatoms. The molecule has 0 unspecified atom stereocenters. The Morgan fingerprint density at radius 2 is 1.84 bits per heavy atom. The maximum absolute atomic E-state index is 14.0. The number of aromatic nitrogens is 4. The summed E-state index contributed by atoms with van der Waals surface area (Å²) in [5.74, 6) is 0.735. The Morgan fingerprint density at radius 3 is 2.45 bits per heavy atom. The first-order chi connectivity index (χ1) is 18.2. The van der Waals surface area contributed by atoms with Gasteiger partial charge in [-0.25, -0.2) is 4.98 Å². The summed E-state index contributed by atoms with van der Waals surface area (Å²) in [6, 6.07) is 11.7. The molecule has 3 rings (SSSR count). The average Bonchev–Trinajstić information content (AvgIpc) is 3.45. The topological polar surface area (TPSA) is 82.0 Å². The number of hydrogen-bond donors (Lipinski definition) is 1. The van der Waals surface area contributed by atoms with E-state index in [2.05, 4.69) is 54.8 Å². The van der Waals surface area contributed by atoms with Crippen LogP contribution in [0.15, 0.2) is 79.1 Å². The molecule has 1 atom stereocenters. The largest absolute Gasteiger partial charge is 0.330 e. The fourth-order valence-electron chi connectivity index (χ4n) is 4.45. The van der Waals surface area contributed by atoms with Crippen molar-refractivity contribution < 1.29 is 4.79 Å². The Labute approximate surface area is 227 Å². The van der Waals surface area contributed by atoms with Crippen molar-refractivity contribution in [1.29, 1.82) is 0 Å². The Bertz CT molecular complexity index is 1250. The van der Waals surface area contributed by atoms with Crippen molar-refractivity contribution in [1.82, 2.24) is 24.2 Å². The molecule has 0 aliphatic carbocycles. The lowest BCUT2D eigenvalue weighted by Crippen LogP contribution is -2.43. The number of carbonyl (C=O) groups excluding carboxylic acids is 1. The van der Waals surface area contributed by atoms with E-state index < -0.39 is 0 Å². The number of imidazole rings is 1. The first-order valence-corrected chi connectivity index (χ1v) is 13.3. The van der Waals surface area contributed by atoms with E-state index in [1.165, 1.54) is 0 Å². The molecule has 2 heterocycles. The Balaban J connectivity index is 2.12. The van der Waals surface area contributed by atoms with Crippen molar-refractivity contribution in [2.45, 2.75) is 53.6 Å². The summed E-state index contributed by atoms with van der Waals surface area (Å²) in [5.41, 5.74) is 8.91. The smallest absolute Gasteiger partial charge is 0.275 e. The van der Waals surface area contributed by atoms with Crippen LogP contribution in [0.1, 0.15) is 62.2 Å². The predicted molar refractivity (Wildman–Crippen MR) is 156 cm³/mol. The summed E-state index contributed by atoms with van der Waals surface area (Å²) in [6.45, 7) is 12.0. The van der Waals surface area contributed by atoms with Gasteiger partial charge >= 0.3 is 0 Å². The van der Waals surface area contributed by atoms with Gasteiger partial charge in [0.05, 0.1) is 11.7 Å². The molecule has 0 aliphatic rings. The number of aryl methyl sites for hydroxylation is 2. The zero-order valence-corrected chi connectivity index (χ0v) is 23.6. The van der Waals surface area contributed by atoms with Crippen LogP contribution in [0.3, 0.4) is 0 Å². The molecule has 2 N–H and O–H groups in total. The minimum atomic E-state index is -0.305. The van der Waals surface area contributed by atoms with Gasteiger partial charge in [0.15, 0.2) is 5.69 Å². The van der Waals surface area contributed by atoms with Crippen LogP contribution >= 0.6 is 0 Å². The molecule has 1 amide bonds. The lowest BCUT2D eigenvalue weighted by atomic mass is 9.84. The zero-order chi connectivity index (χ0) is 27.7. The second-order valence-corrected chi connectivity index (χ2v) is 10.5. The molecule has 0 fully saturated rings. The molecule has 0 radical (unpaired) electrons.